The second-order valence-electron chi connectivity index (χ2n) is 5.52. The molecule has 4 nitrogen and oxygen atoms in total. The summed E-state index contributed by atoms with van der Waals surface area (Å²) < 4.78 is 5.22. The SMILES string of the molecule is CCOC(=O)c1cc2c3c(ccccc1-3)N=NC2(CC)CC. The van der Waals surface area contributed by atoms with Crippen LogP contribution in [0, 0.1) is 0 Å². The normalized spacial score (nSPS) is 15.0. The molecule has 0 aromatic rings. The molecule has 22 heavy (non-hydrogen) atoms. The van der Waals surface area contributed by atoms with Crippen molar-refractivity contribution in [2.45, 2.75) is 39.2 Å². The Kier molecular flexibility index (Phi) is 3.69. The highest BCUT2D eigenvalue weighted by molar-refractivity contribution is 6.02. The van der Waals surface area contributed by atoms with Gasteiger partial charge in [0.25, 0.3) is 0 Å². The van der Waals surface area contributed by atoms with Crippen LogP contribution in [0.4, 0.5) is 5.69 Å². The van der Waals surface area contributed by atoms with Gasteiger partial charge in [-0.15, -0.1) is 0 Å². The number of carbonyl (C=O) groups is 1. The van der Waals surface area contributed by atoms with E-state index in [9.17, 15) is 4.79 Å². The molecule has 1 aliphatic heterocycles. The largest absolute Gasteiger partial charge is 0.462 e. The Balaban J connectivity index is 2.28. The van der Waals surface area contributed by atoms with Crippen LogP contribution in [0.1, 0.15) is 49.5 Å². The molecule has 0 aromatic carbocycles. The molecule has 0 fully saturated rings. The summed E-state index contributed by atoms with van der Waals surface area (Å²) in [6.45, 7) is 6.41. The van der Waals surface area contributed by atoms with E-state index in [1.54, 1.807) is 0 Å². The Morgan fingerprint density at radius 3 is 2.59 bits per heavy atom. The van der Waals surface area contributed by atoms with E-state index in [4.69, 9.17) is 4.74 Å². The van der Waals surface area contributed by atoms with E-state index in [1.807, 2.05) is 37.3 Å². The molecule has 4 heteroatoms. The van der Waals surface area contributed by atoms with Crippen molar-refractivity contribution in [1.82, 2.24) is 0 Å². The van der Waals surface area contributed by atoms with Crippen molar-refractivity contribution in [2.75, 3.05) is 6.61 Å². The van der Waals surface area contributed by atoms with Crippen LogP contribution in [0.3, 0.4) is 0 Å². The molecule has 1 heterocycles. The zero-order chi connectivity index (χ0) is 15.7. The molecule has 0 bridgehead atoms. The summed E-state index contributed by atoms with van der Waals surface area (Å²) in [6.07, 6.45) is 1.71. The predicted molar refractivity (Wildman–Crippen MR) is 85.8 cm³/mol. The van der Waals surface area contributed by atoms with Crippen LogP contribution in [-0.4, -0.2) is 12.6 Å². The van der Waals surface area contributed by atoms with Gasteiger partial charge in [-0.1, -0.05) is 32.0 Å². The van der Waals surface area contributed by atoms with Crippen LogP contribution < -0.4 is 0 Å². The van der Waals surface area contributed by atoms with E-state index in [-0.39, 0.29) is 11.5 Å². The number of rotatable bonds is 4. The fourth-order valence-electron chi connectivity index (χ4n) is 3.21. The highest BCUT2D eigenvalue weighted by Gasteiger charge is 2.38. The maximum absolute atomic E-state index is 12.3. The zero-order valence-electron chi connectivity index (χ0n) is 13.2. The fourth-order valence-corrected chi connectivity index (χ4v) is 3.21. The summed E-state index contributed by atoms with van der Waals surface area (Å²) in [5, 5.41) is 9.02. The van der Waals surface area contributed by atoms with Crippen molar-refractivity contribution in [3.8, 4) is 11.1 Å². The van der Waals surface area contributed by atoms with Crippen LogP contribution in [-0.2, 0) is 10.3 Å². The van der Waals surface area contributed by atoms with Crippen molar-refractivity contribution in [1.29, 1.82) is 0 Å². The van der Waals surface area contributed by atoms with Crippen molar-refractivity contribution >= 4 is 11.7 Å². The zero-order valence-corrected chi connectivity index (χ0v) is 13.2. The molecular formula is C18H20N2O2. The van der Waals surface area contributed by atoms with Gasteiger partial charge in [-0.2, -0.15) is 10.2 Å². The van der Waals surface area contributed by atoms with E-state index in [1.165, 1.54) is 0 Å². The first kappa shape index (κ1) is 14.7. The first-order valence-electron chi connectivity index (χ1n) is 7.83. The average molecular weight is 296 g/mol. The second kappa shape index (κ2) is 5.52. The van der Waals surface area contributed by atoms with Gasteiger partial charge in [-0.3, -0.25) is 0 Å². The number of hydrogen-bond acceptors (Lipinski definition) is 4. The lowest BCUT2D eigenvalue weighted by atomic mass is 9.83. The highest BCUT2D eigenvalue weighted by atomic mass is 16.5. The van der Waals surface area contributed by atoms with Gasteiger partial charge in [0.2, 0.25) is 0 Å². The monoisotopic (exact) mass is 296 g/mol. The minimum absolute atomic E-state index is 0.279. The van der Waals surface area contributed by atoms with Gasteiger partial charge in [-0.25, -0.2) is 4.79 Å². The molecule has 0 atom stereocenters. The van der Waals surface area contributed by atoms with Crippen molar-refractivity contribution in [3.05, 3.63) is 41.5 Å². The average Bonchev–Trinajstić information content (AvgIpc) is 2.79. The Labute approximate surface area is 130 Å². The highest BCUT2D eigenvalue weighted by Crippen LogP contribution is 2.50. The molecule has 0 spiro atoms. The third-order valence-corrected chi connectivity index (χ3v) is 4.52. The second-order valence-corrected chi connectivity index (χ2v) is 5.52. The molecule has 0 amide bonds. The number of ether oxygens (including phenoxy) is 1. The van der Waals surface area contributed by atoms with Crippen LogP contribution in [0.2, 0.25) is 0 Å². The van der Waals surface area contributed by atoms with Crippen LogP contribution in [0.25, 0.3) is 11.1 Å². The summed E-state index contributed by atoms with van der Waals surface area (Å²) in [7, 11) is 0. The third-order valence-electron chi connectivity index (χ3n) is 4.52. The third kappa shape index (κ3) is 2.02. The Hall–Kier alpha value is -2.23. The van der Waals surface area contributed by atoms with Gasteiger partial charge >= 0.3 is 5.97 Å². The minimum Gasteiger partial charge on any atom is -0.462 e. The summed E-state index contributed by atoms with van der Waals surface area (Å²) in [4.78, 5) is 12.3. The topological polar surface area (TPSA) is 51.0 Å². The summed E-state index contributed by atoms with van der Waals surface area (Å²) in [6, 6.07) is 9.72. The van der Waals surface area contributed by atoms with E-state index in [0.717, 1.165) is 35.2 Å². The van der Waals surface area contributed by atoms with E-state index < -0.39 is 0 Å². The van der Waals surface area contributed by atoms with Crippen LogP contribution >= 0.6 is 0 Å². The van der Waals surface area contributed by atoms with E-state index in [2.05, 4.69) is 24.1 Å². The molecule has 3 rings (SSSR count). The van der Waals surface area contributed by atoms with Crippen LogP contribution in [0.15, 0.2) is 40.6 Å². The Morgan fingerprint density at radius 2 is 1.91 bits per heavy atom. The summed E-state index contributed by atoms with van der Waals surface area (Å²) in [5.74, 6) is -0.279. The molecule has 0 radical (unpaired) electrons. The lowest BCUT2D eigenvalue weighted by molar-refractivity contribution is 0.0527. The maximum Gasteiger partial charge on any atom is 0.338 e. The molecule has 0 aromatic heterocycles. The molecule has 0 saturated carbocycles. The van der Waals surface area contributed by atoms with Crippen molar-refractivity contribution in [3.63, 3.8) is 0 Å². The predicted octanol–water partition coefficient (Wildman–Crippen LogP) is 5.08. The lowest BCUT2D eigenvalue weighted by Gasteiger charge is -2.29. The fraction of sp³-hybridized carbons (Fsp3) is 0.389. The first-order chi connectivity index (χ1) is 10.7. The van der Waals surface area contributed by atoms with Gasteiger partial charge < -0.3 is 4.74 Å². The van der Waals surface area contributed by atoms with Crippen molar-refractivity contribution in [2.24, 2.45) is 10.2 Å². The summed E-state index contributed by atoms with van der Waals surface area (Å²) >= 11 is 0. The Morgan fingerprint density at radius 1 is 1.18 bits per heavy atom. The van der Waals surface area contributed by atoms with E-state index >= 15 is 0 Å². The molecule has 114 valence electrons. The maximum atomic E-state index is 12.3. The molecule has 0 unspecified atom stereocenters. The smallest absolute Gasteiger partial charge is 0.338 e. The standard InChI is InChI=1S/C18H20N2O2/c1-4-18(5-2)14-11-13(17(21)22-6-3)12-9-7-8-10-15(16(12)14)19-20-18/h7-11H,4-6H2,1-3H3. The Bertz CT molecular complexity index is 717. The van der Waals surface area contributed by atoms with Gasteiger partial charge in [0.1, 0.15) is 5.54 Å². The van der Waals surface area contributed by atoms with E-state index in [0.29, 0.717) is 12.2 Å². The molecule has 2 aliphatic carbocycles. The van der Waals surface area contributed by atoms with Gasteiger partial charge in [0.15, 0.2) is 0 Å². The molecule has 0 saturated heterocycles. The lowest BCUT2D eigenvalue weighted by Crippen LogP contribution is -2.22. The van der Waals surface area contributed by atoms with Gasteiger partial charge in [0, 0.05) is 5.56 Å². The van der Waals surface area contributed by atoms with Gasteiger partial charge in [0.05, 0.1) is 17.9 Å². The quantitative estimate of drug-likeness (QED) is 0.739. The number of carbonyl (C=O) groups excluding carboxylic acids is 1. The summed E-state index contributed by atoms with van der Waals surface area (Å²) in [5.41, 5.74) is 4.12. The minimum atomic E-state index is -0.343. The molecule has 3 aliphatic rings. The number of esters is 1. The number of azo groups is 1. The number of hydrogen-bond donors (Lipinski definition) is 0. The van der Waals surface area contributed by atoms with Gasteiger partial charge in [-0.05, 0) is 43.0 Å². The molecule has 0 N–H and O–H groups in total. The van der Waals surface area contributed by atoms with Crippen LogP contribution in [0.5, 0.6) is 0 Å². The number of nitrogens with zero attached hydrogens (tertiary/aromatic N) is 2. The first-order valence-corrected chi connectivity index (χ1v) is 7.83. The molecular weight excluding hydrogens is 276 g/mol. The van der Waals surface area contributed by atoms with Crippen molar-refractivity contribution < 1.29 is 9.53 Å².